The highest BCUT2D eigenvalue weighted by Crippen LogP contribution is 2.42. The van der Waals surface area contributed by atoms with E-state index in [-0.39, 0.29) is 11.0 Å². The molecule has 4 heteroatoms. The Labute approximate surface area is 178 Å². The van der Waals surface area contributed by atoms with Crippen LogP contribution in [0.3, 0.4) is 0 Å². The van der Waals surface area contributed by atoms with Gasteiger partial charge in [0, 0.05) is 10.8 Å². The van der Waals surface area contributed by atoms with Crippen molar-refractivity contribution in [1.82, 2.24) is 0 Å². The lowest BCUT2D eigenvalue weighted by atomic mass is 9.79. The minimum atomic E-state index is -0.913. The van der Waals surface area contributed by atoms with Crippen molar-refractivity contribution in [3.05, 3.63) is 59.2 Å². The van der Waals surface area contributed by atoms with E-state index in [0.29, 0.717) is 12.5 Å². The third-order valence-corrected chi connectivity index (χ3v) is 6.97. The van der Waals surface area contributed by atoms with E-state index in [1.54, 1.807) is 24.3 Å². The zero-order valence-electron chi connectivity index (χ0n) is 17.7. The van der Waals surface area contributed by atoms with E-state index >= 15 is 0 Å². The molecule has 3 rings (SSSR count). The summed E-state index contributed by atoms with van der Waals surface area (Å²) in [6, 6.07) is 13.7. The van der Waals surface area contributed by atoms with Crippen LogP contribution in [0, 0.1) is 0 Å². The summed E-state index contributed by atoms with van der Waals surface area (Å²) in [6.07, 6.45) is 5.94. The van der Waals surface area contributed by atoms with E-state index in [4.69, 9.17) is 9.84 Å². The maximum Gasteiger partial charge on any atom is 0.335 e. The molecular weight excluding hydrogens is 380 g/mol. The second-order valence-electron chi connectivity index (χ2n) is 8.57. The minimum absolute atomic E-state index is 0.220. The van der Waals surface area contributed by atoms with Gasteiger partial charge in [-0.1, -0.05) is 52.2 Å². The first-order chi connectivity index (χ1) is 13.9. The number of hydrogen-bond donors (Lipinski definition) is 1. The van der Waals surface area contributed by atoms with Crippen molar-refractivity contribution in [3.8, 4) is 5.75 Å². The Morgan fingerprint density at radius 1 is 1.17 bits per heavy atom. The molecule has 3 nitrogen and oxygen atoms in total. The van der Waals surface area contributed by atoms with Gasteiger partial charge in [0.25, 0.3) is 0 Å². The van der Waals surface area contributed by atoms with Gasteiger partial charge < -0.3 is 9.84 Å². The number of aromatic carboxylic acids is 1. The highest BCUT2D eigenvalue weighted by Gasteiger charge is 2.28. The van der Waals surface area contributed by atoms with Gasteiger partial charge in [-0.3, -0.25) is 0 Å². The number of unbranched alkanes of at least 4 members (excludes halogenated alkanes) is 2. The second kappa shape index (κ2) is 9.71. The summed E-state index contributed by atoms with van der Waals surface area (Å²) >= 11 is 1.97. The fourth-order valence-electron chi connectivity index (χ4n) is 3.88. The summed E-state index contributed by atoms with van der Waals surface area (Å²) in [4.78, 5) is 12.5. The molecule has 0 bridgehead atoms. The number of carboxylic acid groups (broad SMARTS) is 1. The van der Waals surface area contributed by atoms with Crippen molar-refractivity contribution in [2.45, 2.75) is 69.1 Å². The maximum atomic E-state index is 11.0. The number of hydrogen-bond acceptors (Lipinski definition) is 3. The van der Waals surface area contributed by atoms with E-state index in [1.807, 2.05) is 11.8 Å². The van der Waals surface area contributed by atoms with Gasteiger partial charge in [-0.25, -0.2) is 4.79 Å². The minimum Gasteiger partial charge on any atom is -0.493 e. The van der Waals surface area contributed by atoms with Crippen LogP contribution in [0.4, 0.5) is 0 Å². The van der Waals surface area contributed by atoms with Gasteiger partial charge in [-0.2, -0.15) is 0 Å². The molecule has 0 aliphatic carbocycles. The number of carbonyl (C=O) groups is 1. The normalized spacial score (nSPS) is 16.1. The first-order valence-corrected chi connectivity index (χ1v) is 11.6. The second-order valence-corrected chi connectivity index (χ2v) is 9.71. The van der Waals surface area contributed by atoms with Crippen molar-refractivity contribution in [2.75, 3.05) is 12.4 Å². The van der Waals surface area contributed by atoms with Crippen LogP contribution >= 0.6 is 11.8 Å². The Hall–Kier alpha value is -1.94. The number of ether oxygens (including phenoxy) is 1. The molecule has 1 N–H and O–H groups in total. The highest BCUT2D eigenvalue weighted by molar-refractivity contribution is 7.99. The fraction of sp³-hybridized carbons (Fsp3) is 0.480. The Morgan fingerprint density at radius 3 is 2.62 bits per heavy atom. The molecule has 1 heterocycles. The molecule has 0 aromatic heterocycles. The van der Waals surface area contributed by atoms with Crippen LogP contribution in [-0.4, -0.2) is 23.4 Å². The molecule has 1 aliphatic rings. The third kappa shape index (κ3) is 5.57. The predicted molar refractivity (Wildman–Crippen MR) is 121 cm³/mol. The number of thioether (sulfide) groups is 1. The first-order valence-electron chi connectivity index (χ1n) is 10.6. The first kappa shape index (κ1) is 21.8. The molecular formula is C25H32O3S. The predicted octanol–water partition coefficient (Wildman–Crippen LogP) is 6.90. The maximum absolute atomic E-state index is 11.0. The van der Waals surface area contributed by atoms with E-state index in [2.05, 4.69) is 39.0 Å². The summed E-state index contributed by atoms with van der Waals surface area (Å²) in [5, 5.41) is 9.06. The largest absolute Gasteiger partial charge is 0.493 e. The fourth-order valence-corrected chi connectivity index (χ4v) is 5.37. The average molecular weight is 413 g/mol. The van der Waals surface area contributed by atoms with Gasteiger partial charge in [-0.15, -0.1) is 11.8 Å². The molecule has 2 aromatic rings. The number of fused-ring (bicyclic) bond motifs is 1. The summed E-state index contributed by atoms with van der Waals surface area (Å²) in [6.45, 7) is 7.54. The van der Waals surface area contributed by atoms with Crippen LogP contribution in [0.5, 0.6) is 5.75 Å². The van der Waals surface area contributed by atoms with E-state index in [1.165, 1.54) is 47.5 Å². The Kier molecular flexibility index (Phi) is 7.28. The number of benzene rings is 2. The quantitative estimate of drug-likeness (QED) is 0.455. The lowest BCUT2D eigenvalue weighted by molar-refractivity contribution is 0.0697. The topological polar surface area (TPSA) is 46.5 Å². The van der Waals surface area contributed by atoms with Gasteiger partial charge in [0.15, 0.2) is 0 Å². The van der Waals surface area contributed by atoms with Gasteiger partial charge in [0.1, 0.15) is 5.75 Å². The lowest BCUT2D eigenvalue weighted by Gasteiger charge is -2.33. The smallest absolute Gasteiger partial charge is 0.335 e. The molecule has 2 aromatic carbocycles. The number of rotatable bonds is 9. The zero-order chi connectivity index (χ0) is 20.9. The molecule has 156 valence electrons. The Bertz CT molecular complexity index is 826. The van der Waals surface area contributed by atoms with Crippen molar-refractivity contribution in [1.29, 1.82) is 0 Å². The lowest BCUT2D eigenvalue weighted by Crippen LogP contribution is -2.23. The van der Waals surface area contributed by atoms with E-state index < -0.39 is 5.97 Å². The van der Waals surface area contributed by atoms with Crippen LogP contribution in [0.25, 0.3) is 0 Å². The Balaban J connectivity index is 1.77. The van der Waals surface area contributed by atoms with Crippen LogP contribution < -0.4 is 4.74 Å². The van der Waals surface area contributed by atoms with Crippen LogP contribution in [0.15, 0.2) is 47.4 Å². The van der Waals surface area contributed by atoms with Crippen LogP contribution in [-0.2, 0) is 5.41 Å². The van der Waals surface area contributed by atoms with Crippen molar-refractivity contribution >= 4 is 17.7 Å². The molecule has 0 amide bonds. The molecule has 1 atom stereocenters. The molecule has 29 heavy (non-hydrogen) atoms. The van der Waals surface area contributed by atoms with Gasteiger partial charge in [0.05, 0.1) is 12.2 Å². The van der Waals surface area contributed by atoms with Crippen LogP contribution in [0.2, 0.25) is 0 Å². The van der Waals surface area contributed by atoms with Gasteiger partial charge in [-0.05, 0) is 65.5 Å². The Morgan fingerprint density at radius 2 is 1.93 bits per heavy atom. The molecule has 1 aliphatic heterocycles. The van der Waals surface area contributed by atoms with Crippen molar-refractivity contribution in [2.24, 2.45) is 0 Å². The summed E-state index contributed by atoms with van der Waals surface area (Å²) in [5.41, 5.74) is 3.33. The monoisotopic (exact) mass is 412 g/mol. The molecule has 0 radical (unpaired) electrons. The zero-order valence-corrected chi connectivity index (χ0v) is 18.6. The molecule has 0 saturated carbocycles. The third-order valence-electron chi connectivity index (χ3n) is 5.90. The SMILES string of the molecule is CCCCCC(COc1ccc(C(=O)O)cc1)c1ccc2c(c1)C(C)(C)CCS2. The summed E-state index contributed by atoms with van der Waals surface area (Å²) < 4.78 is 6.09. The average Bonchev–Trinajstić information content (AvgIpc) is 2.70. The van der Waals surface area contributed by atoms with E-state index in [9.17, 15) is 4.79 Å². The van der Waals surface area contributed by atoms with Gasteiger partial charge in [0.2, 0.25) is 0 Å². The van der Waals surface area contributed by atoms with Crippen molar-refractivity contribution in [3.63, 3.8) is 0 Å². The summed E-state index contributed by atoms with van der Waals surface area (Å²) in [5.74, 6) is 1.34. The highest BCUT2D eigenvalue weighted by atomic mass is 32.2. The summed E-state index contributed by atoms with van der Waals surface area (Å²) in [7, 11) is 0. The number of carboxylic acids is 1. The molecule has 0 saturated heterocycles. The van der Waals surface area contributed by atoms with Crippen LogP contribution in [0.1, 0.15) is 80.3 Å². The van der Waals surface area contributed by atoms with E-state index in [0.717, 1.165) is 12.2 Å². The molecule has 0 fully saturated rings. The van der Waals surface area contributed by atoms with Crippen molar-refractivity contribution < 1.29 is 14.6 Å². The van der Waals surface area contributed by atoms with Gasteiger partial charge >= 0.3 is 5.97 Å². The molecule has 1 unspecified atom stereocenters. The standard InChI is InChI=1S/C25H32O3S/c1-4-5-6-7-20(17-28-21-11-8-18(9-12-21)24(26)27)19-10-13-23-22(16-19)25(2,3)14-15-29-23/h8-13,16,20H,4-7,14-15,17H2,1-3H3,(H,26,27). The molecule has 0 spiro atoms.